The minimum Gasteiger partial charge on any atom is -0.466 e. The van der Waals surface area contributed by atoms with E-state index >= 15 is 0 Å². The van der Waals surface area contributed by atoms with E-state index < -0.39 is 22.8 Å². The van der Waals surface area contributed by atoms with E-state index in [9.17, 15) is 19.7 Å². The summed E-state index contributed by atoms with van der Waals surface area (Å²) in [5.74, 6) is -2.13. The smallest absolute Gasteiger partial charge is 0.337 e. The van der Waals surface area contributed by atoms with Gasteiger partial charge >= 0.3 is 11.9 Å². The molecule has 1 aliphatic rings. The Balaban J connectivity index is 2.47. The van der Waals surface area contributed by atoms with E-state index in [-0.39, 0.29) is 23.4 Å². The highest BCUT2D eigenvalue weighted by Gasteiger charge is 2.38. The molecule has 8 heteroatoms. The van der Waals surface area contributed by atoms with E-state index in [1.54, 1.807) is 32.1 Å². The van der Waals surface area contributed by atoms with Crippen LogP contribution < -0.4 is 5.32 Å². The van der Waals surface area contributed by atoms with E-state index in [1.165, 1.54) is 25.3 Å². The molecular weight excluding hydrogens is 400 g/mol. The summed E-state index contributed by atoms with van der Waals surface area (Å²) >= 11 is 0. The number of esters is 2. The van der Waals surface area contributed by atoms with E-state index in [1.807, 2.05) is 19.1 Å². The molecule has 164 valence electrons. The zero-order chi connectivity index (χ0) is 23.0. The number of ether oxygens (including phenoxy) is 2. The van der Waals surface area contributed by atoms with Gasteiger partial charge in [0, 0.05) is 23.5 Å². The number of nitro groups is 1. The third-order valence-corrected chi connectivity index (χ3v) is 4.73. The van der Waals surface area contributed by atoms with Gasteiger partial charge in [0.1, 0.15) is 6.61 Å². The Kier molecular flexibility index (Phi) is 8.31. The first-order chi connectivity index (χ1) is 14.8. The fourth-order valence-electron chi connectivity index (χ4n) is 3.35. The number of non-ortho nitro benzene ring substituents is 1. The summed E-state index contributed by atoms with van der Waals surface area (Å²) in [6.45, 7) is 5.43. The third kappa shape index (κ3) is 5.69. The summed E-state index contributed by atoms with van der Waals surface area (Å²) in [6, 6.07) is 5.85. The number of nitrogens with zero attached hydrogens (tertiary/aromatic N) is 1. The molecule has 0 fully saturated rings. The molecule has 0 aliphatic carbocycles. The zero-order valence-corrected chi connectivity index (χ0v) is 18.0. The largest absolute Gasteiger partial charge is 0.466 e. The lowest BCUT2D eigenvalue weighted by Crippen LogP contribution is -2.32. The quantitative estimate of drug-likeness (QED) is 0.289. The van der Waals surface area contributed by atoms with E-state index in [4.69, 9.17) is 9.47 Å². The third-order valence-electron chi connectivity index (χ3n) is 4.73. The van der Waals surface area contributed by atoms with Crippen molar-refractivity contribution < 1.29 is 24.0 Å². The van der Waals surface area contributed by atoms with E-state index in [0.29, 0.717) is 17.0 Å². The molecule has 31 heavy (non-hydrogen) atoms. The zero-order valence-electron chi connectivity index (χ0n) is 18.0. The van der Waals surface area contributed by atoms with Gasteiger partial charge < -0.3 is 14.8 Å². The number of methoxy groups -OCH3 is 1. The van der Waals surface area contributed by atoms with E-state index in [0.717, 1.165) is 6.42 Å². The number of hydrogen-bond acceptors (Lipinski definition) is 7. The minimum absolute atomic E-state index is 0.0432. The lowest BCUT2D eigenvalue weighted by molar-refractivity contribution is -0.384. The second-order valence-corrected chi connectivity index (χ2v) is 6.84. The van der Waals surface area contributed by atoms with Crippen LogP contribution in [0.3, 0.4) is 0 Å². The number of carbonyl (C=O) groups is 2. The number of allylic oxidation sites excluding steroid dienone is 5. The van der Waals surface area contributed by atoms with Crippen LogP contribution in [0.15, 0.2) is 71.1 Å². The number of carbonyl (C=O) groups excluding carboxylic acids is 2. The van der Waals surface area contributed by atoms with Gasteiger partial charge in [0.05, 0.1) is 29.1 Å². The van der Waals surface area contributed by atoms with Gasteiger partial charge in [-0.05, 0) is 31.9 Å². The lowest BCUT2D eigenvalue weighted by atomic mass is 9.80. The summed E-state index contributed by atoms with van der Waals surface area (Å²) in [6.07, 6.45) is 8.19. The molecule has 0 aromatic heterocycles. The fraction of sp³-hybridized carbons (Fsp3) is 0.304. The van der Waals surface area contributed by atoms with Gasteiger partial charge in [-0.1, -0.05) is 37.3 Å². The van der Waals surface area contributed by atoms with Crippen molar-refractivity contribution in [3.63, 3.8) is 0 Å². The van der Waals surface area contributed by atoms with Crippen LogP contribution in [0.25, 0.3) is 0 Å². The highest BCUT2D eigenvalue weighted by molar-refractivity contribution is 5.99. The maximum atomic E-state index is 13.0. The molecular formula is C23H26N2O6. The first-order valence-corrected chi connectivity index (χ1v) is 9.81. The predicted octanol–water partition coefficient (Wildman–Crippen LogP) is 4.07. The maximum Gasteiger partial charge on any atom is 0.337 e. The molecule has 0 amide bonds. The summed E-state index contributed by atoms with van der Waals surface area (Å²) in [5, 5.41) is 14.3. The van der Waals surface area contributed by atoms with Crippen LogP contribution in [-0.2, 0) is 19.1 Å². The Hall–Kier alpha value is -3.68. The van der Waals surface area contributed by atoms with Crippen LogP contribution >= 0.6 is 0 Å². The second-order valence-electron chi connectivity index (χ2n) is 6.84. The highest BCUT2D eigenvalue weighted by Crippen LogP contribution is 2.40. The van der Waals surface area contributed by atoms with Gasteiger partial charge in [-0.2, -0.15) is 0 Å². The normalized spacial score (nSPS) is 16.6. The molecule has 1 N–H and O–H groups in total. The molecule has 8 nitrogen and oxygen atoms in total. The summed E-state index contributed by atoms with van der Waals surface area (Å²) in [5.41, 5.74) is 1.67. The second kappa shape index (κ2) is 10.9. The van der Waals surface area contributed by atoms with Crippen molar-refractivity contribution in [1.82, 2.24) is 5.32 Å². The van der Waals surface area contributed by atoms with Crippen LogP contribution in [0.4, 0.5) is 5.69 Å². The molecule has 2 rings (SSSR count). The molecule has 1 aromatic carbocycles. The number of benzene rings is 1. The van der Waals surface area contributed by atoms with Crippen LogP contribution in [-0.4, -0.2) is 30.6 Å². The van der Waals surface area contributed by atoms with Crippen LogP contribution in [0.5, 0.6) is 0 Å². The molecule has 0 spiro atoms. The summed E-state index contributed by atoms with van der Waals surface area (Å²) < 4.78 is 10.3. The van der Waals surface area contributed by atoms with Gasteiger partial charge in [0.15, 0.2) is 0 Å². The van der Waals surface area contributed by atoms with Crippen molar-refractivity contribution in [3.8, 4) is 0 Å². The molecule has 1 aromatic rings. The van der Waals surface area contributed by atoms with Crippen molar-refractivity contribution >= 4 is 17.6 Å². The number of rotatable bonds is 8. The van der Waals surface area contributed by atoms with Crippen LogP contribution in [0.1, 0.15) is 38.7 Å². The minimum atomic E-state index is -0.870. The fourth-order valence-corrected chi connectivity index (χ4v) is 3.35. The van der Waals surface area contributed by atoms with Crippen molar-refractivity contribution in [1.29, 1.82) is 0 Å². The first kappa shape index (κ1) is 23.6. The molecule has 1 unspecified atom stereocenters. The lowest BCUT2D eigenvalue weighted by Gasteiger charge is -2.30. The van der Waals surface area contributed by atoms with Gasteiger partial charge in [-0.3, -0.25) is 10.1 Å². The summed E-state index contributed by atoms with van der Waals surface area (Å²) in [4.78, 5) is 36.3. The Morgan fingerprint density at radius 2 is 1.77 bits per heavy atom. The van der Waals surface area contributed by atoms with Crippen molar-refractivity contribution in [2.45, 2.75) is 33.1 Å². The van der Waals surface area contributed by atoms with Gasteiger partial charge in [0.25, 0.3) is 5.69 Å². The van der Waals surface area contributed by atoms with Crippen molar-refractivity contribution in [2.24, 2.45) is 0 Å². The van der Waals surface area contributed by atoms with Crippen LogP contribution in [0, 0.1) is 10.1 Å². The molecule has 1 aliphatic heterocycles. The topological polar surface area (TPSA) is 108 Å². The number of nitro benzene ring substituents is 1. The predicted molar refractivity (Wildman–Crippen MR) is 116 cm³/mol. The molecule has 1 heterocycles. The van der Waals surface area contributed by atoms with Crippen molar-refractivity contribution in [2.75, 3.05) is 13.7 Å². The average Bonchev–Trinajstić information content (AvgIpc) is 2.75. The standard InChI is InChI=1S/C23H26N2O6/c1-5-6-7-8-9-13-31-23(27)20-16(3)24-15(2)19(22(26)30-4)21(20)17-11-10-12-18(14-17)25(28)29/h6-12,14,21,24H,5,13H2,1-4H3/b7-6+,9-8+. The average molecular weight is 426 g/mol. The molecule has 0 saturated heterocycles. The highest BCUT2D eigenvalue weighted by atomic mass is 16.6. The number of dihydropyridines is 1. The molecule has 1 atom stereocenters. The van der Waals surface area contributed by atoms with Crippen LogP contribution in [0.2, 0.25) is 0 Å². The van der Waals surface area contributed by atoms with Gasteiger partial charge in [-0.15, -0.1) is 0 Å². The molecule has 0 saturated carbocycles. The van der Waals surface area contributed by atoms with Gasteiger partial charge in [0.2, 0.25) is 0 Å². The molecule has 0 radical (unpaired) electrons. The molecule has 0 bridgehead atoms. The maximum absolute atomic E-state index is 13.0. The first-order valence-electron chi connectivity index (χ1n) is 9.81. The van der Waals surface area contributed by atoms with E-state index in [2.05, 4.69) is 5.32 Å². The van der Waals surface area contributed by atoms with Gasteiger partial charge in [-0.25, -0.2) is 9.59 Å². The Labute approximate surface area is 181 Å². The Morgan fingerprint density at radius 3 is 2.39 bits per heavy atom. The Morgan fingerprint density at radius 1 is 1.13 bits per heavy atom. The number of hydrogen-bond donors (Lipinski definition) is 1. The Bertz CT molecular complexity index is 988. The number of nitrogens with one attached hydrogen (secondary N) is 1. The van der Waals surface area contributed by atoms with Crippen molar-refractivity contribution in [3.05, 3.63) is 86.8 Å². The monoisotopic (exact) mass is 426 g/mol. The summed E-state index contributed by atoms with van der Waals surface area (Å²) in [7, 11) is 1.24. The SMILES string of the molecule is CC/C=C/C=C/COC(=O)C1=C(C)NC(C)=C(C(=O)OC)C1c1cccc([N+](=O)[O-])c1.